The maximum Gasteiger partial charge on any atom is 0.309 e. The fraction of sp³-hybridized carbons (Fsp3) is 0.529. The number of carboxylic acid groups (broad SMARTS) is 1. The fourth-order valence-electron chi connectivity index (χ4n) is 3.21. The molecule has 1 fully saturated rings. The topological polar surface area (TPSA) is 99.2 Å². The summed E-state index contributed by atoms with van der Waals surface area (Å²) in [5.41, 5.74) is 4.38. The molecule has 1 amide bonds. The number of hydrogen-bond donors (Lipinski definition) is 2. The fourth-order valence-corrected chi connectivity index (χ4v) is 3.99. The molecule has 1 aliphatic rings. The molecule has 0 bridgehead atoms. The molecule has 134 valence electrons. The number of nitrogens with one attached hydrogen (secondary N) is 1. The highest BCUT2D eigenvalue weighted by atomic mass is 32.1. The van der Waals surface area contributed by atoms with E-state index in [9.17, 15) is 9.59 Å². The summed E-state index contributed by atoms with van der Waals surface area (Å²) in [7, 11) is 0. The lowest BCUT2D eigenvalue weighted by molar-refractivity contribution is -0.136. The maximum absolute atomic E-state index is 12.4. The third kappa shape index (κ3) is 4.45. The van der Waals surface area contributed by atoms with Gasteiger partial charge in [0, 0.05) is 36.0 Å². The van der Waals surface area contributed by atoms with Gasteiger partial charge in [0.2, 0.25) is 5.91 Å². The third-order valence-corrected chi connectivity index (χ3v) is 5.66. The Bertz CT molecular complexity index is 747. The molecular formula is C17H22N4O3S. The smallest absolute Gasteiger partial charge is 0.309 e. The number of aryl methyl sites for hydroxylation is 2. The van der Waals surface area contributed by atoms with Crippen LogP contribution in [0.2, 0.25) is 0 Å². The lowest BCUT2D eigenvalue weighted by atomic mass is 9.93. The van der Waals surface area contributed by atoms with Crippen LogP contribution in [0.3, 0.4) is 0 Å². The SMILES string of the molecule is Cc1ncsc1CCC(=O)N1CCC(c2cc(CC(=O)O)[nH]n2)CC1. The molecule has 7 nitrogen and oxygen atoms in total. The Kier molecular flexibility index (Phi) is 5.47. The molecule has 2 aromatic heterocycles. The van der Waals surface area contributed by atoms with Gasteiger partial charge in [-0.1, -0.05) is 0 Å². The number of piperidine rings is 1. The Hall–Kier alpha value is -2.22. The monoisotopic (exact) mass is 362 g/mol. The highest BCUT2D eigenvalue weighted by Gasteiger charge is 2.25. The number of aromatic amines is 1. The van der Waals surface area contributed by atoms with Crippen LogP contribution in [0.1, 0.15) is 47.1 Å². The normalized spacial score (nSPS) is 15.5. The predicted octanol–water partition coefficient (Wildman–Crippen LogP) is 2.14. The van der Waals surface area contributed by atoms with Gasteiger partial charge in [-0.05, 0) is 32.3 Å². The number of H-pyrrole nitrogens is 1. The molecule has 2 aromatic rings. The number of carboxylic acids is 1. The molecule has 2 N–H and O–H groups in total. The molecule has 25 heavy (non-hydrogen) atoms. The second kappa shape index (κ2) is 7.77. The summed E-state index contributed by atoms with van der Waals surface area (Å²) in [6.45, 7) is 3.43. The number of carbonyl (C=O) groups excluding carboxylic acids is 1. The summed E-state index contributed by atoms with van der Waals surface area (Å²) < 4.78 is 0. The molecule has 0 spiro atoms. The van der Waals surface area contributed by atoms with Crippen molar-refractivity contribution < 1.29 is 14.7 Å². The van der Waals surface area contributed by atoms with E-state index in [1.807, 2.05) is 23.4 Å². The van der Waals surface area contributed by atoms with Gasteiger partial charge in [0.15, 0.2) is 0 Å². The van der Waals surface area contributed by atoms with Gasteiger partial charge >= 0.3 is 5.97 Å². The number of likely N-dealkylation sites (tertiary alicyclic amines) is 1. The van der Waals surface area contributed by atoms with Crippen LogP contribution in [0.15, 0.2) is 11.6 Å². The molecular weight excluding hydrogens is 340 g/mol. The van der Waals surface area contributed by atoms with E-state index in [1.165, 1.54) is 4.88 Å². The number of aromatic nitrogens is 3. The van der Waals surface area contributed by atoms with Crippen molar-refractivity contribution in [1.82, 2.24) is 20.1 Å². The minimum atomic E-state index is -0.869. The average Bonchev–Trinajstić information content (AvgIpc) is 3.21. The summed E-state index contributed by atoms with van der Waals surface area (Å²) >= 11 is 1.61. The van der Waals surface area contributed by atoms with Crippen LogP contribution in [-0.4, -0.2) is 50.2 Å². The van der Waals surface area contributed by atoms with E-state index in [0.29, 0.717) is 12.1 Å². The third-order valence-electron chi connectivity index (χ3n) is 4.67. The van der Waals surface area contributed by atoms with Crippen LogP contribution in [0.4, 0.5) is 0 Å². The predicted molar refractivity (Wildman–Crippen MR) is 93.7 cm³/mol. The maximum atomic E-state index is 12.4. The Balaban J connectivity index is 1.48. The van der Waals surface area contributed by atoms with Crippen LogP contribution >= 0.6 is 11.3 Å². The van der Waals surface area contributed by atoms with E-state index in [2.05, 4.69) is 15.2 Å². The average molecular weight is 362 g/mol. The van der Waals surface area contributed by atoms with E-state index in [1.54, 1.807) is 11.3 Å². The first-order chi connectivity index (χ1) is 12.0. The van der Waals surface area contributed by atoms with Crippen molar-refractivity contribution in [2.24, 2.45) is 0 Å². The van der Waals surface area contributed by atoms with Crippen molar-refractivity contribution in [3.63, 3.8) is 0 Å². The van der Waals surface area contributed by atoms with Crippen molar-refractivity contribution in [3.8, 4) is 0 Å². The van der Waals surface area contributed by atoms with Crippen LogP contribution in [-0.2, 0) is 22.4 Å². The van der Waals surface area contributed by atoms with Crippen LogP contribution in [0.5, 0.6) is 0 Å². The second-order valence-electron chi connectivity index (χ2n) is 6.40. The van der Waals surface area contributed by atoms with Gasteiger partial charge < -0.3 is 10.0 Å². The van der Waals surface area contributed by atoms with E-state index < -0.39 is 5.97 Å². The van der Waals surface area contributed by atoms with Crippen molar-refractivity contribution in [1.29, 1.82) is 0 Å². The number of thiazole rings is 1. The van der Waals surface area contributed by atoms with E-state index in [-0.39, 0.29) is 18.2 Å². The Labute approximate surface area is 150 Å². The van der Waals surface area contributed by atoms with Gasteiger partial charge in [-0.3, -0.25) is 14.7 Å². The number of rotatable bonds is 6. The molecule has 0 aliphatic carbocycles. The quantitative estimate of drug-likeness (QED) is 0.820. The van der Waals surface area contributed by atoms with Crippen LogP contribution in [0.25, 0.3) is 0 Å². The van der Waals surface area contributed by atoms with Crippen LogP contribution in [0, 0.1) is 6.92 Å². The highest BCUT2D eigenvalue weighted by molar-refractivity contribution is 7.09. The number of hydrogen-bond acceptors (Lipinski definition) is 5. The van der Waals surface area contributed by atoms with Crippen molar-refractivity contribution >= 4 is 23.2 Å². The molecule has 1 aliphatic heterocycles. The molecule has 8 heteroatoms. The largest absolute Gasteiger partial charge is 0.481 e. The molecule has 0 aromatic carbocycles. The zero-order chi connectivity index (χ0) is 17.8. The lowest BCUT2D eigenvalue weighted by Gasteiger charge is -2.31. The van der Waals surface area contributed by atoms with Crippen molar-refractivity contribution in [2.75, 3.05) is 13.1 Å². The molecule has 0 saturated carbocycles. The van der Waals surface area contributed by atoms with Gasteiger partial charge in [0.1, 0.15) is 0 Å². The summed E-state index contributed by atoms with van der Waals surface area (Å²) in [5, 5.41) is 15.9. The van der Waals surface area contributed by atoms with E-state index in [0.717, 1.165) is 43.7 Å². The molecule has 3 heterocycles. The van der Waals surface area contributed by atoms with Gasteiger partial charge in [0.25, 0.3) is 0 Å². The number of aliphatic carboxylic acids is 1. The number of carbonyl (C=O) groups is 2. The first kappa shape index (κ1) is 17.6. The van der Waals surface area contributed by atoms with Gasteiger partial charge in [-0.25, -0.2) is 4.98 Å². The minimum absolute atomic E-state index is 0.0404. The first-order valence-corrected chi connectivity index (χ1v) is 9.33. The Morgan fingerprint density at radius 1 is 1.40 bits per heavy atom. The molecule has 3 rings (SSSR count). The minimum Gasteiger partial charge on any atom is -0.481 e. The lowest BCUT2D eigenvalue weighted by Crippen LogP contribution is -2.38. The molecule has 0 atom stereocenters. The summed E-state index contributed by atoms with van der Waals surface area (Å²) in [6, 6.07) is 1.84. The number of nitrogens with zero attached hydrogens (tertiary/aromatic N) is 3. The molecule has 0 unspecified atom stereocenters. The Morgan fingerprint density at radius 3 is 2.80 bits per heavy atom. The van der Waals surface area contributed by atoms with E-state index in [4.69, 9.17) is 5.11 Å². The second-order valence-corrected chi connectivity index (χ2v) is 7.34. The molecule has 0 radical (unpaired) electrons. The van der Waals surface area contributed by atoms with E-state index >= 15 is 0 Å². The zero-order valence-corrected chi connectivity index (χ0v) is 15.0. The zero-order valence-electron chi connectivity index (χ0n) is 14.2. The number of amides is 1. The van der Waals surface area contributed by atoms with Crippen LogP contribution < -0.4 is 0 Å². The molecule has 1 saturated heterocycles. The standard InChI is InChI=1S/C17H22N4O3S/c1-11-15(25-10-18-11)2-3-16(22)21-6-4-12(5-7-21)14-8-13(19-20-14)9-17(23)24/h8,10,12H,2-7,9H2,1H3,(H,19,20)(H,23,24). The summed E-state index contributed by atoms with van der Waals surface area (Å²) in [6.07, 6.45) is 2.97. The summed E-state index contributed by atoms with van der Waals surface area (Å²) in [4.78, 5) is 30.5. The van der Waals surface area contributed by atoms with Gasteiger partial charge in [0.05, 0.1) is 23.3 Å². The van der Waals surface area contributed by atoms with Crippen molar-refractivity contribution in [2.45, 2.75) is 44.9 Å². The highest BCUT2D eigenvalue weighted by Crippen LogP contribution is 2.27. The van der Waals surface area contributed by atoms with Crippen molar-refractivity contribution in [3.05, 3.63) is 33.5 Å². The summed E-state index contributed by atoms with van der Waals surface area (Å²) in [5.74, 6) is -0.391. The Morgan fingerprint density at radius 2 is 2.16 bits per heavy atom. The van der Waals surface area contributed by atoms with Gasteiger partial charge in [-0.15, -0.1) is 11.3 Å². The van der Waals surface area contributed by atoms with Gasteiger partial charge in [-0.2, -0.15) is 5.10 Å². The first-order valence-electron chi connectivity index (χ1n) is 8.45.